The van der Waals surface area contributed by atoms with Gasteiger partial charge in [-0.3, -0.25) is 0 Å². The summed E-state index contributed by atoms with van der Waals surface area (Å²) in [5.41, 5.74) is 1.16. The Bertz CT molecular complexity index is 381. The summed E-state index contributed by atoms with van der Waals surface area (Å²) in [7, 11) is 0. The van der Waals surface area contributed by atoms with Gasteiger partial charge in [0, 0.05) is 0 Å². The summed E-state index contributed by atoms with van der Waals surface area (Å²) in [5.74, 6) is 1.68. The molecule has 2 nitrogen and oxygen atoms in total. The average Bonchev–Trinajstić information content (AvgIpc) is 2.74. The van der Waals surface area contributed by atoms with E-state index in [1.165, 1.54) is 38.5 Å². The van der Waals surface area contributed by atoms with Crippen molar-refractivity contribution in [2.75, 3.05) is 6.61 Å². The van der Waals surface area contributed by atoms with E-state index in [9.17, 15) is 5.11 Å². The molecule has 1 aliphatic rings. The lowest BCUT2D eigenvalue weighted by Crippen LogP contribution is -2.12. The lowest BCUT2D eigenvalue weighted by atomic mass is 10.0. The monoisotopic (exact) mass is 276 g/mol. The maximum atomic E-state index is 9.73. The normalized spacial score (nSPS) is 18.5. The molecular formula is C18H28O2. The molecular weight excluding hydrogens is 248 g/mol. The van der Waals surface area contributed by atoms with Crippen LogP contribution >= 0.6 is 0 Å². The third-order valence-electron chi connectivity index (χ3n) is 4.30. The van der Waals surface area contributed by atoms with Crippen molar-refractivity contribution in [2.45, 2.75) is 64.4 Å². The van der Waals surface area contributed by atoms with Gasteiger partial charge in [0.05, 0.1) is 12.7 Å². The molecule has 0 radical (unpaired) electrons. The van der Waals surface area contributed by atoms with Crippen molar-refractivity contribution < 1.29 is 9.84 Å². The lowest BCUT2D eigenvalue weighted by molar-refractivity contribution is 0.170. The molecule has 1 saturated carbocycles. The number of aliphatic hydroxyl groups excluding tert-OH is 1. The van der Waals surface area contributed by atoms with Crippen LogP contribution in [0.5, 0.6) is 5.75 Å². The highest BCUT2D eigenvalue weighted by Crippen LogP contribution is 2.24. The topological polar surface area (TPSA) is 29.5 Å². The largest absolute Gasteiger partial charge is 0.493 e. The quantitative estimate of drug-likeness (QED) is 0.783. The van der Waals surface area contributed by atoms with Crippen LogP contribution in [0, 0.1) is 5.92 Å². The first-order chi connectivity index (χ1) is 9.78. The van der Waals surface area contributed by atoms with Crippen LogP contribution in [0.4, 0.5) is 0 Å². The molecule has 112 valence electrons. The average molecular weight is 276 g/mol. The summed E-state index contributed by atoms with van der Waals surface area (Å²) >= 11 is 0. The van der Waals surface area contributed by atoms with Crippen molar-refractivity contribution in [1.82, 2.24) is 0 Å². The molecule has 0 bridgehead atoms. The van der Waals surface area contributed by atoms with Gasteiger partial charge in [0.25, 0.3) is 0 Å². The van der Waals surface area contributed by atoms with E-state index in [2.05, 4.69) is 12.1 Å². The molecule has 1 atom stereocenters. The highest BCUT2D eigenvalue weighted by atomic mass is 16.5. The van der Waals surface area contributed by atoms with Crippen LogP contribution < -0.4 is 4.74 Å². The smallest absolute Gasteiger partial charge is 0.119 e. The maximum absolute atomic E-state index is 9.73. The highest BCUT2D eigenvalue weighted by molar-refractivity contribution is 5.28. The molecule has 20 heavy (non-hydrogen) atoms. The van der Waals surface area contributed by atoms with E-state index in [1.54, 1.807) is 0 Å². The maximum Gasteiger partial charge on any atom is 0.119 e. The first-order valence-corrected chi connectivity index (χ1v) is 8.17. The van der Waals surface area contributed by atoms with Gasteiger partial charge in [-0.15, -0.1) is 0 Å². The summed E-state index contributed by atoms with van der Waals surface area (Å²) in [5, 5.41) is 9.73. The molecule has 2 heteroatoms. The molecule has 1 aliphatic carbocycles. The SMILES string of the molecule is CCC(O)Cc1cccc(OCC2CCCCCC2)c1. The number of hydrogen-bond acceptors (Lipinski definition) is 2. The van der Waals surface area contributed by atoms with Crippen molar-refractivity contribution >= 4 is 0 Å². The third kappa shape index (κ3) is 5.16. The lowest BCUT2D eigenvalue weighted by Gasteiger charge is -2.16. The van der Waals surface area contributed by atoms with Gasteiger partial charge >= 0.3 is 0 Å². The second-order valence-corrected chi connectivity index (χ2v) is 6.08. The first kappa shape index (κ1) is 15.4. The molecule has 0 amide bonds. The first-order valence-electron chi connectivity index (χ1n) is 8.17. The fourth-order valence-corrected chi connectivity index (χ4v) is 2.92. The molecule has 0 aliphatic heterocycles. The molecule has 1 aromatic rings. The minimum Gasteiger partial charge on any atom is -0.493 e. The Balaban J connectivity index is 1.84. The molecule has 1 aromatic carbocycles. The van der Waals surface area contributed by atoms with Gasteiger partial charge < -0.3 is 9.84 Å². The Morgan fingerprint density at radius 2 is 1.95 bits per heavy atom. The van der Waals surface area contributed by atoms with Crippen molar-refractivity contribution in [2.24, 2.45) is 5.92 Å². The summed E-state index contributed by atoms with van der Waals surface area (Å²) in [6.45, 7) is 2.86. The molecule has 2 rings (SSSR count). The summed E-state index contributed by atoms with van der Waals surface area (Å²) in [6, 6.07) is 8.20. The van der Waals surface area contributed by atoms with E-state index >= 15 is 0 Å². The van der Waals surface area contributed by atoms with Gasteiger partial charge in [-0.1, -0.05) is 44.7 Å². The number of benzene rings is 1. The Hall–Kier alpha value is -1.02. The fraction of sp³-hybridized carbons (Fsp3) is 0.667. The summed E-state index contributed by atoms with van der Waals surface area (Å²) < 4.78 is 5.98. The van der Waals surface area contributed by atoms with Gasteiger partial charge in [-0.05, 0) is 49.3 Å². The van der Waals surface area contributed by atoms with Gasteiger partial charge in [0.2, 0.25) is 0 Å². The van der Waals surface area contributed by atoms with E-state index in [4.69, 9.17) is 4.74 Å². The Kier molecular flexibility index (Phi) is 6.38. The van der Waals surface area contributed by atoms with Crippen LogP contribution in [0.3, 0.4) is 0 Å². The van der Waals surface area contributed by atoms with E-state index in [1.807, 2.05) is 19.1 Å². The standard InChI is InChI=1S/C18H28O2/c1-2-17(19)12-16-10-7-11-18(13-16)20-14-15-8-5-3-4-6-9-15/h7,10-11,13,15,17,19H,2-6,8-9,12,14H2,1H3. The van der Waals surface area contributed by atoms with Gasteiger partial charge in [0.15, 0.2) is 0 Å². The number of aliphatic hydroxyl groups is 1. The zero-order chi connectivity index (χ0) is 14.2. The molecule has 0 saturated heterocycles. The van der Waals surface area contributed by atoms with E-state index in [0.717, 1.165) is 36.7 Å². The van der Waals surface area contributed by atoms with Gasteiger partial charge in [-0.2, -0.15) is 0 Å². The second-order valence-electron chi connectivity index (χ2n) is 6.08. The van der Waals surface area contributed by atoms with E-state index in [0.29, 0.717) is 0 Å². The van der Waals surface area contributed by atoms with Crippen LogP contribution in [-0.4, -0.2) is 17.8 Å². The third-order valence-corrected chi connectivity index (χ3v) is 4.30. The van der Waals surface area contributed by atoms with Crippen molar-refractivity contribution in [1.29, 1.82) is 0 Å². The molecule has 0 aromatic heterocycles. The van der Waals surface area contributed by atoms with Crippen LogP contribution in [0.25, 0.3) is 0 Å². The Morgan fingerprint density at radius 1 is 1.20 bits per heavy atom. The summed E-state index contributed by atoms with van der Waals surface area (Å²) in [4.78, 5) is 0. The minimum absolute atomic E-state index is 0.243. The van der Waals surface area contributed by atoms with E-state index in [-0.39, 0.29) is 6.10 Å². The zero-order valence-corrected chi connectivity index (χ0v) is 12.7. The van der Waals surface area contributed by atoms with Gasteiger partial charge in [-0.25, -0.2) is 0 Å². The molecule has 1 unspecified atom stereocenters. The van der Waals surface area contributed by atoms with Crippen molar-refractivity contribution in [3.8, 4) is 5.75 Å². The number of rotatable bonds is 6. The molecule has 0 heterocycles. The predicted molar refractivity (Wildman–Crippen MR) is 83.1 cm³/mol. The number of hydrogen-bond donors (Lipinski definition) is 1. The fourth-order valence-electron chi connectivity index (χ4n) is 2.92. The van der Waals surface area contributed by atoms with Crippen LogP contribution in [0.1, 0.15) is 57.4 Å². The second kappa shape index (κ2) is 8.31. The Labute approximate surface area is 123 Å². The predicted octanol–water partition coefficient (Wildman–Crippen LogP) is 4.35. The Morgan fingerprint density at radius 3 is 2.65 bits per heavy atom. The number of ether oxygens (including phenoxy) is 1. The van der Waals surface area contributed by atoms with E-state index < -0.39 is 0 Å². The van der Waals surface area contributed by atoms with Crippen LogP contribution in [0.15, 0.2) is 24.3 Å². The molecule has 0 spiro atoms. The van der Waals surface area contributed by atoms with Crippen molar-refractivity contribution in [3.05, 3.63) is 29.8 Å². The molecule has 1 fully saturated rings. The van der Waals surface area contributed by atoms with Crippen LogP contribution in [0.2, 0.25) is 0 Å². The zero-order valence-electron chi connectivity index (χ0n) is 12.7. The summed E-state index contributed by atoms with van der Waals surface area (Å²) in [6.07, 6.45) is 9.40. The van der Waals surface area contributed by atoms with Gasteiger partial charge in [0.1, 0.15) is 5.75 Å². The molecule has 1 N–H and O–H groups in total. The minimum atomic E-state index is -0.243. The van der Waals surface area contributed by atoms with Crippen molar-refractivity contribution in [3.63, 3.8) is 0 Å². The van der Waals surface area contributed by atoms with Crippen LogP contribution in [-0.2, 0) is 6.42 Å². The highest BCUT2D eigenvalue weighted by Gasteiger charge is 2.13.